The Labute approximate surface area is 79.4 Å². The zero-order valence-corrected chi connectivity index (χ0v) is 8.20. The van der Waals surface area contributed by atoms with Crippen LogP contribution in [0.1, 0.15) is 36.9 Å². The average Bonchev–Trinajstić information content (AvgIpc) is 2.16. The van der Waals surface area contributed by atoms with Crippen LogP contribution in [0.15, 0.2) is 24.3 Å². The van der Waals surface area contributed by atoms with Crippen molar-refractivity contribution < 1.29 is 5.11 Å². The van der Waals surface area contributed by atoms with Crippen LogP contribution in [-0.2, 0) is 0 Å². The number of hydrogen-bond acceptors (Lipinski definition) is 2. The number of nitrogens with two attached hydrogens (primary N) is 1. The van der Waals surface area contributed by atoms with E-state index in [-0.39, 0.29) is 12.6 Å². The lowest BCUT2D eigenvalue weighted by molar-refractivity contribution is 0.267. The monoisotopic (exact) mass is 179 g/mol. The molecule has 0 saturated heterocycles. The fraction of sp³-hybridized carbons (Fsp3) is 0.455. The van der Waals surface area contributed by atoms with Gasteiger partial charge in [0, 0.05) is 0 Å². The van der Waals surface area contributed by atoms with Crippen molar-refractivity contribution in [1.29, 1.82) is 0 Å². The van der Waals surface area contributed by atoms with Crippen LogP contribution in [0.3, 0.4) is 0 Å². The van der Waals surface area contributed by atoms with Gasteiger partial charge in [0.15, 0.2) is 0 Å². The maximum absolute atomic E-state index is 8.97. The molecule has 1 rings (SSSR count). The largest absolute Gasteiger partial charge is 0.394 e. The van der Waals surface area contributed by atoms with Crippen molar-refractivity contribution in [2.24, 2.45) is 5.73 Å². The van der Waals surface area contributed by atoms with Gasteiger partial charge in [-0.15, -0.1) is 0 Å². The van der Waals surface area contributed by atoms with E-state index in [4.69, 9.17) is 10.8 Å². The quantitative estimate of drug-likeness (QED) is 0.743. The van der Waals surface area contributed by atoms with Crippen LogP contribution in [0.2, 0.25) is 0 Å². The van der Waals surface area contributed by atoms with E-state index < -0.39 is 0 Å². The van der Waals surface area contributed by atoms with Crippen LogP contribution in [0.4, 0.5) is 0 Å². The minimum absolute atomic E-state index is 0.00370. The highest BCUT2D eigenvalue weighted by Gasteiger charge is 2.11. The third kappa shape index (κ3) is 2.29. The predicted molar refractivity (Wildman–Crippen MR) is 54.5 cm³/mol. The fourth-order valence-corrected chi connectivity index (χ4v) is 1.47. The number of benzene rings is 1. The molecule has 1 aromatic rings. The third-order valence-corrected chi connectivity index (χ3v) is 2.21. The molecule has 0 fully saturated rings. The van der Waals surface area contributed by atoms with E-state index in [0.29, 0.717) is 5.92 Å². The zero-order chi connectivity index (χ0) is 9.84. The first-order valence-electron chi connectivity index (χ1n) is 4.62. The normalized spacial score (nSPS) is 13.3. The SMILES string of the molecule is CC(C)c1ccccc1[C@H](N)CO. The van der Waals surface area contributed by atoms with Gasteiger partial charge in [0.2, 0.25) is 0 Å². The summed E-state index contributed by atoms with van der Waals surface area (Å²) in [4.78, 5) is 0. The lowest BCUT2D eigenvalue weighted by Crippen LogP contribution is -2.16. The summed E-state index contributed by atoms with van der Waals surface area (Å²) in [6.45, 7) is 4.26. The van der Waals surface area contributed by atoms with E-state index in [1.165, 1.54) is 5.56 Å². The molecule has 3 N–H and O–H groups in total. The van der Waals surface area contributed by atoms with Crippen molar-refractivity contribution >= 4 is 0 Å². The summed E-state index contributed by atoms with van der Waals surface area (Å²) in [5.41, 5.74) is 8.06. The highest BCUT2D eigenvalue weighted by Crippen LogP contribution is 2.23. The molecule has 0 radical (unpaired) electrons. The minimum Gasteiger partial charge on any atom is -0.394 e. The van der Waals surface area contributed by atoms with E-state index in [0.717, 1.165) is 5.56 Å². The van der Waals surface area contributed by atoms with Gasteiger partial charge >= 0.3 is 0 Å². The lowest BCUT2D eigenvalue weighted by atomic mass is 9.93. The molecule has 0 saturated carbocycles. The number of hydrogen-bond donors (Lipinski definition) is 2. The molecule has 13 heavy (non-hydrogen) atoms. The van der Waals surface area contributed by atoms with Crippen molar-refractivity contribution in [2.75, 3.05) is 6.61 Å². The van der Waals surface area contributed by atoms with E-state index in [9.17, 15) is 0 Å². The molecule has 0 heterocycles. The molecule has 2 heteroatoms. The van der Waals surface area contributed by atoms with E-state index in [1.54, 1.807) is 0 Å². The first-order valence-corrected chi connectivity index (χ1v) is 4.62. The van der Waals surface area contributed by atoms with Gasteiger partial charge < -0.3 is 10.8 Å². The molecule has 0 aliphatic heterocycles. The summed E-state index contributed by atoms with van der Waals surface area (Å²) in [5, 5.41) is 8.97. The van der Waals surface area contributed by atoms with E-state index >= 15 is 0 Å². The van der Waals surface area contributed by atoms with E-state index in [2.05, 4.69) is 19.9 Å². The molecule has 72 valence electrons. The summed E-state index contributed by atoms with van der Waals surface area (Å²) in [6, 6.07) is 7.75. The average molecular weight is 179 g/mol. The molecule has 0 bridgehead atoms. The van der Waals surface area contributed by atoms with Crippen molar-refractivity contribution in [3.05, 3.63) is 35.4 Å². The second-order valence-electron chi connectivity index (χ2n) is 3.57. The van der Waals surface area contributed by atoms with Crippen LogP contribution in [0.5, 0.6) is 0 Å². The van der Waals surface area contributed by atoms with Gasteiger partial charge in [-0.2, -0.15) is 0 Å². The molecule has 0 amide bonds. The van der Waals surface area contributed by atoms with Gasteiger partial charge in [0.05, 0.1) is 12.6 Å². The number of aliphatic hydroxyl groups is 1. The Morgan fingerprint density at radius 3 is 2.23 bits per heavy atom. The molecule has 1 aromatic carbocycles. The maximum Gasteiger partial charge on any atom is 0.0624 e. The highest BCUT2D eigenvalue weighted by molar-refractivity contribution is 5.32. The molecule has 0 aromatic heterocycles. The summed E-state index contributed by atoms with van der Waals surface area (Å²) in [5.74, 6) is 0.453. The molecule has 0 aliphatic rings. The van der Waals surface area contributed by atoms with Gasteiger partial charge in [0.1, 0.15) is 0 Å². The number of rotatable bonds is 3. The summed E-state index contributed by atoms with van der Waals surface area (Å²) < 4.78 is 0. The maximum atomic E-state index is 8.97. The van der Waals surface area contributed by atoms with Crippen LogP contribution >= 0.6 is 0 Å². The Hall–Kier alpha value is -0.860. The van der Waals surface area contributed by atoms with Crippen molar-refractivity contribution in [3.8, 4) is 0 Å². The molecule has 0 aliphatic carbocycles. The molecule has 1 atom stereocenters. The van der Waals surface area contributed by atoms with Gasteiger partial charge in [-0.1, -0.05) is 38.1 Å². The Kier molecular flexibility index (Phi) is 3.46. The second-order valence-corrected chi connectivity index (χ2v) is 3.57. The van der Waals surface area contributed by atoms with Crippen molar-refractivity contribution in [1.82, 2.24) is 0 Å². The summed E-state index contributed by atoms with van der Waals surface area (Å²) in [6.07, 6.45) is 0. The zero-order valence-electron chi connectivity index (χ0n) is 8.20. The van der Waals surface area contributed by atoms with Crippen molar-refractivity contribution in [2.45, 2.75) is 25.8 Å². The first-order chi connectivity index (χ1) is 6.16. The molecule has 0 spiro atoms. The lowest BCUT2D eigenvalue weighted by Gasteiger charge is -2.16. The highest BCUT2D eigenvalue weighted by atomic mass is 16.3. The first kappa shape index (κ1) is 10.2. The topological polar surface area (TPSA) is 46.2 Å². The van der Waals surface area contributed by atoms with Crippen molar-refractivity contribution in [3.63, 3.8) is 0 Å². The summed E-state index contributed by atoms with van der Waals surface area (Å²) >= 11 is 0. The Morgan fingerprint density at radius 2 is 1.77 bits per heavy atom. The number of aliphatic hydroxyl groups excluding tert-OH is 1. The van der Waals surface area contributed by atoms with Crippen LogP contribution in [-0.4, -0.2) is 11.7 Å². The standard InChI is InChI=1S/C11H17NO/c1-8(2)9-5-3-4-6-10(9)11(12)7-13/h3-6,8,11,13H,7,12H2,1-2H3/t11-/m1/s1. The van der Waals surface area contributed by atoms with Crippen LogP contribution in [0, 0.1) is 0 Å². The van der Waals surface area contributed by atoms with E-state index in [1.807, 2.05) is 18.2 Å². The fourth-order valence-electron chi connectivity index (χ4n) is 1.47. The minimum atomic E-state index is -0.251. The molecular formula is C11H17NO. The molecule has 2 nitrogen and oxygen atoms in total. The van der Waals surface area contributed by atoms with Gasteiger partial charge in [-0.3, -0.25) is 0 Å². The smallest absolute Gasteiger partial charge is 0.0624 e. The molecular weight excluding hydrogens is 162 g/mol. The molecule has 0 unspecified atom stereocenters. The van der Waals surface area contributed by atoms with Gasteiger partial charge in [-0.05, 0) is 17.0 Å². The second kappa shape index (κ2) is 4.40. The van der Waals surface area contributed by atoms with Gasteiger partial charge in [-0.25, -0.2) is 0 Å². The Morgan fingerprint density at radius 1 is 1.23 bits per heavy atom. The van der Waals surface area contributed by atoms with Crippen LogP contribution < -0.4 is 5.73 Å². The summed E-state index contributed by atoms with van der Waals surface area (Å²) in [7, 11) is 0. The third-order valence-electron chi connectivity index (χ3n) is 2.21. The Bertz CT molecular complexity index is 271. The van der Waals surface area contributed by atoms with Gasteiger partial charge in [0.25, 0.3) is 0 Å². The Balaban J connectivity index is 3.04. The van der Waals surface area contributed by atoms with Crippen LogP contribution in [0.25, 0.3) is 0 Å². The predicted octanol–water partition coefficient (Wildman–Crippen LogP) is 1.80.